The van der Waals surface area contributed by atoms with E-state index in [1.807, 2.05) is 0 Å². The lowest BCUT2D eigenvalue weighted by Crippen LogP contribution is -2.73. The molecule has 0 bridgehead atoms. The Labute approximate surface area is 96.4 Å². The number of carboxylic acid groups (broad SMARTS) is 1. The second kappa shape index (κ2) is 3.13. The summed E-state index contributed by atoms with van der Waals surface area (Å²) in [5.41, 5.74) is -1.63. The molecule has 0 aromatic heterocycles. The van der Waals surface area contributed by atoms with Crippen LogP contribution in [0.15, 0.2) is 0 Å². The Morgan fingerprint density at radius 2 is 2.31 bits per heavy atom. The molecule has 2 fully saturated rings. The van der Waals surface area contributed by atoms with Crippen LogP contribution in [-0.4, -0.2) is 44.1 Å². The van der Waals surface area contributed by atoms with E-state index in [-0.39, 0.29) is 11.3 Å². The van der Waals surface area contributed by atoms with Crippen molar-refractivity contribution in [2.24, 2.45) is 0 Å². The van der Waals surface area contributed by atoms with E-state index in [1.165, 1.54) is 16.7 Å². The monoisotopic (exact) mass is 244 g/mol. The summed E-state index contributed by atoms with van der Waals surface area (Å²) in [6.07, 6.45) is 0.675. The third kappa shape index (κ3) is 1.06. The van der Waals surface area contributed by atoms with Gasteiger partial charge in [-0.15, -0.1) is 11.8 Å². The molecule has 2 atom stereocenters. The Hall–Kier alpha value is -1.24. The van der Waals surface area contributed by atoms with E-state index < -0.39 is 16.4 Å². The number of nitrogens with one attached hydrogen (secondary N) is 1. The van der Waals surface area contributed by atoms with Gasteiger partial charge in [-0.2, -0.15) is 0 Å². The molecule has 0 spiro atoms. The zero-order chi connectivity index (χ0) is 12.1. The lowest BCUT2D eigenvalue weighted by molar-refractivity contribution is -0.172. The number of amides is 2. The fraction of sp³-hybridized carbons (Fsp3) is 0.667. The van der Waals surface area contributed by atoms with Crippen LogP contribution < -0.4 is 5.32 Å². The second-order valence-corrected chi connectivity index (χ2v) is 6.13. The SMILES string of the molecule is CC1(C)S[C@@H]2CC(=O)N2[C@@]1(NC=O)C(=O)O. The molecule has 0 aromatic rings. The van der Waals surface area contributed by atoms with Gasteiger partial charge in [0.05, 0.1) is 16.5 Å². The number of carbonyl (C=O) groups excluding carboxylic acids is 2. The molecule has 2 saturated heterocycles. The lowest BCUT2D eigenvalue weighted by Gasteiger charge is -2.45. The van der Waals surface area contributed by atoms with Gasteiger partial charge in [0.25, 0.3) is 0 Å². The number of carbonyl (C=O) groups is 3. The van der Waals surface area contributed by atoms with Crippen molar-refractivity contribution in [1.82, 2.24) is 10.2 Å². The van der Waals surface area contributed by atoms with E-state index in [9.17, 15) is 19.5 Å². The summed E-state index contributed by atoms with van der Waals surface area (Å²) in [6.45, 7) is 3.43. The molecule has 88 valence electrons. The topological polar surface area (TPSA) is 86.7 Å². The van der Waals surface area contributed by atoms with Crippen LogP contribution in [0.25, 0.3) is 0 Å². The van der Waals surface area contributed by atoms with E-state index in [4.69, 9.17) is 0 Å². The molecule has 0 saturated carbocycles. The minimum absolute atomic E-state index is 0.147. The van der Waals surface area contributed by atoms with Gasteiger partial charge in [0.2, 0.25) is 18.0 Å². The predicted molar refractivity (Wildman–Crippen MR) is 56.5 cm³/mol. The van der Waals surface area contributed by atoms with Crippen molar-refractivity contribution >= 4 is 30.0 Å². The van der Waals surface area contributed by atoms with Crippen LogP contribution in [-0.2, 0) is 14.4 Å². The predicted octanol–water partition coefficient (Wildman–Crippen LogP) is -0.403. The first-order valence-electron chi connectivity index (χ1n) is 4.81. The number of nitrogens with zero attached hydrogens (tertiary/aromatic N) is 1. The van der Waals surface area contributed by atoms with Crippen molar-refractivity contribution in [2.75, 3.05) is 0 Å². The molecule has 16 heavy (non-hydrogen) atoms. The highest BCUT2D eigenvalue weighted by molar-refractivity contribution is 8.01. The van der Waals surface area contributed by atoms with Gasteiger partial charge in [-0.05, 0) is 13.8 Å². The molecule has 7 heteroatoms. The number of β-lactam (4-membered cyclic amide) rings is 1. The average Bonchev–Trinajstić information content (AvgIpc) is 2.32. The van der Waals surface area contributed by atoms with Crippen LogP contribution in [0, 0.1) is 0 Å². The second-order valence-electron chi connectivity index (χ2n) is 4.33. The van der Waals surface area contributed by atoms with Crippen LogP contribution in [0.2, 0.25) is 0 Å². The molecule has 0 aromatic carbocycles. The number of rotatable bonds is 3. The van der Waals surface area contributed by atoms with Crippen molar-refractivity contribution in [3.05, 3.63) is 0 Å². The maximum atomic E-state index is 11.5. The molecule has 2 aliphatic rings. The van der Waals surface area contributed by atoms with E-state index in [0.29, 0.717) is 12.8 Å². The summed E-state index contributed by atoms with van der Waals surface area (Å²) >= 11 is 1.40. The van der Waals surface area contributed by atoms with Gasteiger partial charge in [-0.1, -0.05) is 0 Å². The molecular weight excluding hydrogens is 232 g/mol. The standard InChI is InChI=1S/C9H12N2O4S/c1-8(2)9(7(14)15,10-4-12)11-5(13)3-6(11)16-8/h4,6H,3H2,1-2H3,(H,10,12)(H,14,15)/t6-,9+/m1/s1. The Kier molecular flexibility index (Phi) is 2.20. The van der Waals surface area contributed by atoms with Crippen LogP contribution in [0.1, 0.15) is 20.3 Å². The third-order valence-corrected chi connectivity index (χ3v) is 4.68. The first-order chi connectivity index (χ1) is 7.37. The highest BCUT2D eigenvalue weighted by Crippen LogP contribution is 2.55. The quantitative estimate of drug-likeness (QED) is 0.521. The summed E-state index contributed by atoms with van der Waals surface area (Å²) in [4.78, 5) is 34.8. The fourth-order valence-electron chi connectivity index (χ4n) is 2.35. The smallest absolute Gasteiger partial charge is 0.352 e. The third-order valence-electron chi connectivity index (χ3n) is 3.15. The van der Waals surface area contributed by atoms with Crippen molar-refractivity contribution < 1.29 is 19.5 Å². The largest absolute Gasteiger partial charge is 0.478 e. The summed E-state index contributed by atoms with van der Waals surface area (Å²) in [6, 6.07) is 0. The number of hydrogen-bond acceptors (Lipinski definition) is 4. The zero-order valence-corrected chi connectivity index (χ0v) is 9.71. The summed E-state index contributed by atoms with van der Waals surface area (Å²) in [7, 11) is 0. The number of thioether (sulfide) groups is 1. The minimum Gasteiger partial charge on any atom is -0.478 e. The molecule has 2 heterocycles. The van der Waals surface area contributed by atoms with Gasteiger partial charge in [0.1, 0.15) is 0 Å². The van der Waals surface area contributed by atoms with E-state index in [0.717, 1.165) is 0 Å². The Morgan fingerprint density at radius 1 is 1.69 bits per heavy atom. The Morgan fingerprint density at radius 3 is 2.75 bits per heavy atom. The maximum absolute atomic E-state index is 11.5. The van der Waals surface area contributed by atoms with Crippen molar-refractivity contribution in [3.63, 3.8) is 0 Å². The molecule has 0 radical (unpaired) electrons. The van der Waals surface area contributed by atoms with Gasteiger partial charge in [-0.25, -0.2) is 4.79 Å². The number of fused-ring (bicyclic) bond motifs is 1. The normalized spacial score (nSPS) is 35.2. The highest BCUT2D eigenvalue weighted by atomic mass is 32.2. The molecular formula is C9H12N2O4S. The van der Waals surface area contributed by atoms with E-state index >= 15 is 0 Å². The van der Waals surface area contributed by atoms with Crippen molar-refractivity contribution in [1.29, 1.82) is 0 Å². The lowest BCUT2D eigenvalue weighted by atomic mass is 9.90. The average molecular weight is 244 g/mol. The maximum Gasteiger partial charge on any atom is 0.352 e. The van der Waals surface area contributed by atoms with Crippen LogP contribution in [0.4, 0.5) is 0 Å². The van der Waals surface area contributed by atoms with Crippen LogP contribution in [0.3, 0.4) is 0 Å². The fourth-order valence-corrected chi connectivity index (χ4v) is 4.05. The van der Waals surface area contributed by atoms with E-state index in [2.05, 4.69) is 5.32 Å². The summed E-state index contributed by atoms with van der Waals surface area (Å²) in [5, 5.41) is 11.5. The van der Waals surface area contributed by atoms with Crippen molar-refractivity contribution in [2.45, 2.75) is 36.1 Å². The summed E-state index contributed by atoms with van der Waals surface area (Å²) < 4.78 is -0.753. The summed E-state index contributed by atoms with van der Waals surface area (Å²) in [5.74, 6) is -1.44. The molecule has 2 rings (SSSR count). The molecule has 2 aliphatic heterocycles. The molecule has 6 nitrogen and oxygen atoms in total. The number of hydrogen-bond donors (Lipinski definition) is 2. The first-order valence-corrected chi connectivity index (χ1v) is 5.69. The Bertz CT molecular complexity index is 384. The molecule has 2 amide bonds. The van der Waals surface area contributed by atoms with Crippen molar-refractivity contribution in [3.8, 4) is 0 Å². The van der Waals surface area contributed by atoms with Gasteiger partial charge in [0, 0.05) is 0 Å². The van der Waals surface area contributed by atoms with Gasteiger partial charge < -0.3 is 10.4 Å². The molecule has 0 aliphatic carbocycles. The molecule has 0 unspecified atom stereocenters. The Balaban J connectivity index is 2.50. The van der Waals surface area contributed by atoms with Crippen LogP contribution >= 0.6 is 11.8 Å². The van der Waals surface area contributed by atoms with Gasteiger partial charge in [0.15, 0.2) is 0 Å². The van der Waals surface area contributed by atoms with E-state index in [1.54, 1.807) is 13.8 Å². The van der Waals surface area contributed by atoms with Crippen LogP contribution in [0.5, 0.6) is 0 Å². The molecule has 2 N–H and O–H groups in total. The van der Waals surface area contributed by atoms with Gasteiger partial charge >= 0.3 is 5.97 Å². The zero-order valence-electron chi connectivity index (χ0n) is 8.89. The number of aliphatic carboxylic acids is 1. The van der Waals surface area contributed by atoms with Gasteiger partial charge in [-0.3, -0.25) is 14.5 Å². The minimum atomic E-state index is -1.63. The first kappa shape index (κ1) is 11.3. The highest BCUT2D eigenvalue weighted by Gasteiger charge is 2.69. The number of carboxylic acids is 1.